The summed E-state index contributed by atoms with van der Waals surface area (Å²) < 4.78 is 10.8. The van der Waals surface area contributed by atoms with E-state index < -0.39 is 8.03 Å². The molecule has 0 amide bonds. The van der Waals surface area contributed by atoms with Gasteiger partial charge >= 0.3 is 0 Å². The van der Waals surface area contributed by atoms with Gasteiger partial charge in [0.1, 0.15) is 0 Å². The zero-order valence-electron chi connectivity index (χ0n) is 8.31. The quantitative estimate of drug-likeness (QED) is 0.596. The molecule has 1 fully saturated rings. The van der Waals surface area contributed by atoms with E-state index in [1.165, 1.54) is 0 Å². The third-order valence-electron chi connectivity index (χ3n) is 3.01. The molecule has 1 aliphatic rings. The lowest BCUT2D eigenvalue weighted by Crippen LogP contribution is -2.22. The van der Waals surface area contributed by atoms with Gasteiger partial charge in [-0.15, -0.1) is 6.58 Å². The lowest BCUT2D eigenvalue weighted by atomic mass is 10.0. The van der Waals surface area contributed by atoms with Crippen LogP contribution < -0.4 is 11.0 Å². The molecule has 0 bridgehead atoms. The van der Waals surface area contributed by atoms with Gasteiger partial charge in [0.15, 0.2) is 0 Å². The minimum absolute atomic E-state index is 0.300. The maximum atomic E-state index is 10.8. The summed E-state index contributed by atoms with van der Waals surface area (Å²) in [7, 11) is -2.58. The molecule has 0 saturated heterocycles. The third-order valence-corrected chi connectivity index (χ3v) is 3.84. The zero-order valence-corrected chi connectivity index (χ0v) is 9.31. The van der Waals surface area contributed by atoms with Gasteiger partial charge < -0.3 is 10.6 Å². The summed E-state index contributed by atoms with van der Waals surface area (Å²) in [6.45, 7) is 3.72. The Bertz CT molecular complexity index is 415. The van der Waals surface area contributed by atoms with Crippen LogP contribution in [0.15, 0.2) is 36.9 Å². The Balaban J connectivity index is 2.25. The number of benzene rings is 1. The van der Waals surface area contributed by atoms with Crippen LogP contribution in [0.1, 0.15) is 12.0 Å². The van der Waals surface area contributed by atoms with Crippen molar-refractivity contribution >= 4 is 13.3 Å². The number of rotatable bonds is 3. The summed E-state index contributed by atoms with van der Waals surface area (Å²) in [6, 6.07) is 7.00. The van der Waals surface area contributed by atoms with E-state index in [2.05, 4.69) is 6.58 Å². The summed E-state index contributed by atoms with van der Waals surface area (Å²) in [5, 5.41) is 0.475. The normalized spacial score (nSPS) is 30.9. The van der Waals surface area contributed by atoms with Crippen LogP contribution >= 0.6 is 8.03 Å². The molecule has 80 valence electrons. The van der Waals surface area contributed by atoms with Gasteiger partial charge in [-0.2, -0.15) is 0 Å². The minimum Gasteiger partial charge on any atom is -0.343 e. The van der Waals surface area contributed by atoms with Gasteiger partial charge in [0.05, 0.1) is 0 Å². The Morgan fingerprint density at radius 1 is 1.53 bits per heavy atom. The van der Waals surface area contributed by atoms with Crippen LogP contribution in [0, 0.1) is 5.92 Å². The van der Waals surface area contributed by atoms with Crippen molar-refractivity contribution in [1.82, 2.24) is 0 Å². The van der Waals surface area contributed by atoms with Crippen LogP contribution in [0.5, 0.6) is 0 Å². The van der Waals surface area contributed by atoms with Crippen molar-refractivity contribution in [2.45, 2.75) is 12.0 Å². The average Bonchev–Trinajstić information content (AvgIpc) is 2.91. The van der Waals surface area contributed by atoms with E-state index in [4.69, 9.17) is 10.6 Å². The molecular weight excluding hydrogens is 209 g/mol. The molecule has 15 heavy (non-hydrogen) atoms. The van der Waals surface area contributed by atoms with Crippen LogP contribution in [0.2, 0.25) is 0 Å². The topological polar surface area (TPSA) is 63.3 Å². The highest BCUT2D eigenvalue weighted by Gasteiger charge is 2.50. The van der Waals surface area contributed by atoms with E-state index >= 15 is 0 Å². The first-order valence-corrected chi connectivity index (χ1v) is 6.19. The molecule has 2 rings (SSSR count). The first-order chi connectivity index (χ1) is 7.08. The van der Waals surface area contributed by atoms with Gasteiger partial charge in [-0.05, 0) is 24.1 Å². The Morgan fingerprint density at radius 3 is 2.53 bits per heavy atom. The fourth-order valence-corrected chi connectivity index (χ4v) is 2.31. The highest BCUT2D eigenvalue weighted by molar-refractivity contribution is 7.47. The van der Waals surface area contributed by atoms with Crippen LogP contribution in [-0.2, 0) is 10.1 Å². The Hall–Kier alpha value is -0.890. The van der Waals surface area contributed by atoms with Gasteiger partial charge in [-0.1, -0.05) is 18.2 Å². The lowest BCUT2D eigenvalue weighted by Gasteiger charge is -2.10. The Labute approximate surface area is 89.5 Å². The molecule has 1 aliphatic carbocycles. The van der Waals surface area contributed by atoms with Crippen molar-refractivity contribution in [1.29, 1.82) is 0 Å². The van der Waals surface area contributed by atoms with Crippen molar-refractivity contribution in [3.8, 4) is 0 Å². The Kier molecular flexibility index (Phi) is 2.55. The van der Waals surface area contributed by atoms with Gasteiger partial charge in [-0.3, -0.25) is 4.57 Å². The highest BCUT2D eigenvalue weighted by atomic mass is 31.1. The van der Waals surface area contributed by atoms with Crippen LogP contribution in [0.4, 0.5) is 0 Å². The predicted molar refractivity (Wildman–Crippen MR) is 61.5 cm³/mol. The molecule has 4 heteroatoms. The molecule has 0 aromatic heterocycles. The van der Waals surface area contributed by atoms with E-state index in [-0.39, 0.29) is 5.54 Å². The standard InChI is InChI=1S/C11H14NO2P/c1-2-8-7-11(8,12)9-3-5-10(6-4-9)15(13)14/h2-6,8,15H,1,7,12H2,(H,13,14)/t8-,11+/m0/s1. The first-order valence-electron chi connectivity index (χ1n) is 4.83. The van der Waals surface area contributed by atoms with Crippen LogP contribution in [-0.4, -0.2) is 4.89 Å². The van der Waals surface area contributed by atoms with E-state index in [9.17, 15) is 4.57 Å². The summed E-state index contributed by atoms with van der Waals surface area (Å²) in [5.41, 5.74) is 6.86. The van der Waals surface area contributed by atoms with Crippen molar-refractivity contribution in [2.75, 3.05) is 0 Å². The molecule has 0 radical (unpaired) electrons. The second kappa shape index (κ2) is 3.60. The average molecular weight is 223 g/mol. The second-order valence-corrected chi connectivity index (χ2v) is 5.16. The SMILES string of the molecule is C=C[C@H]1C[C@]1(N)c1ccc([PH](=O)O)cc1. The minimum atomic E-state index is -2.58. The molecular formula is C11H14NO2P. The van der Waals surface area contributed by atoms with Crippen molar-refractivity contribution < 1.29 is 9.46 Å². The van der Waals surface area contributed by atoms with Crippen LogP contribution in [0.25, 0.3) is 0 Å². The summed E-state index contributed by atoms with van der Waals surface area (Å²) in [4.78, 5) is 8.93. The maximum absolute atomic E-state index is 10.8. The molecule has 3 nitrogen and oxygen atoms in total. The summed E-state index contributed by atoms with van der Waals surface area (Å²) in [6.07, 6.45) is 2.77. The largest absolute Gasteiger partial charge is 0.343 e. The monoisotopic (exact) mass is 223 g/mol. The molecule has 1 saturated carbocycles. The van der Waals surface area contributed by atoms with Gasteiger partial charge in [0.25, 0.3) is 0 Å². The van der Waals surface area contributed by atoms with Gasteiger partial charge in [0.2, 0.25) is 8.03 Å². The smallest absolute Gasteiger partial charge is 0.218 e. The zero-order chi connectivity index (χ0) is 11.1. The molecule has 1 aromatic rings. The Morgan fingerprint density at radius 2 is 2.13 bits per heavy atom. The van der Waals surface area contributed by atoms with Crippen molar-refractivity contribution in [3.05, 3.63) is 42.5 Å². The fourth-order valence-electron chi connectivity index (χ4n) is 1.85. The van der Waals surface area contributed by atoms with Crippen molar-refractivity contribution in [3.63, 3.8) is 0 Å². The number of hydrogen-bond acceptors (Lipinski definition) is 2. The van der Waals surface area contributed by atoms with E-state index in [1.54, 1.807) is 12.1 Å². The van der Waals surface area contributed by atoms with Crippen LogP contribution in [0.3, 0.4) is 0 Å². The summed E-state index contributed by atoms with van der Waals surface area (Å²) >= 11 is 0. The molecule has 0 aliphatic heterocycles. The molecule has 0 spiro atoms. The number of nitrogens with two attached hydrogens (primary N) is 1. The van der Waals surface area contributed by atoms with E-state index in [0.29, 0.717) is 11.2 Å². The highest BCUT2D eigenvalue weighted by Crippen LogP contribution is 2.50. The fraction of sp³-hybridized carbons (Fsp3) is 0.273. The van der Waals surface area contributed by atoms with Gasteiger partial charge in [-0.25, -0.2) is 0 Å². The lowest BCUT2D eigenvalue weighted by molar-refractivity contribution is 0.513. The van der Waals surface area contributed by atoms with Gasteiger partial charge in [0, 0.05) is 16.8 Å². The van der Waals surface area contributed by atoms with E-state index in [0.717, 1.165) is 12.0 Å². The molecule has 3 atom stereocenters. The molecule has 0 heterocycles. The van der Waals surface area contributed by atoms with Crippen molar-refractivity contribution in [2.24, 2.45) is 11.7 Å². The third kappa shape index (κ3) is 1.78. The number of hydrogen-bond donors (Lipinski definition) is 2. The predicted octanol–water partition coefficient (Wildman–Crippen LogP) is 1.14. The second-order valence-electron chi connectivity index (χ2n) is 3.97. The summed E-state index contributed by atoms with van der Waals surface area (Å²) in [5.74, 6) is 0.328. The van der Waals surface area contributed by atoms with E-state index in [1.807, 2.05) is 18.2 Å². The first kappa shape index (κ1) is 10.6. The molecule has 1 aromatic carbocycles. The maximum Gasteiger partial charge on any atom is 0.218 e. The molecule has 1 unspecified atom stereocenters. The molecule has 3 N–H and O–H groups in total.